The Bertz CT molecular complexity index is 405. The van der Waals surface area contributed by atoms with Crippen LogP contribution in [0.5, 0.6) is 0 Å². The lowest BCUT2D eigenvalue weighted by Gasteiger charge is -2.26. The lowest BCUT2D eigenvalue weighted by atomic mass is 9.67. The van der Waals surface area contributed by atoms with E-state index >= 15 is 0 Å². The number of ether oxygens (including phenoxy) is 1. The molecule has 0 aliphatic heterocycles. The third-order valence-electron chi connectivity index (χ3n) is 3.45. The second kappa shape index (κ2) is 6.19. The fourth-order valence-electron chi connectivity index (χ4n) is 1.73. The summed E-state index contributed by atoms with van der Waals surface area (Å²) in [6.07, 6.45) is 7.91. The summed E-state index contributed by atoms with van der Waals surface area (Å²) >= 11 is 0. The highest BCUT2D eigenvalue weighted by Crippen LogP contribution is 2.35. The summed E-state index contributed by atoms with van der Waals surface area (Å²) in [6, 6.07) is 0. The molecule has 2 radical (unpaired) electrons. The van der Waals surface area contributed by atoms with Crippen LogP contribution in [0.4, 0.5) is 0 Å². The molecule has 0 saturated heterocycles. The van der Waals surface area contributed by atoms with Gasteiger partial charge in [0, 0.05) is 12.2 Å². The van der Waals surface area contributed by atoms with Crippen LogP contribution in [0.2, 0.25) is 5.82 Å². The van der Waals surface area contributed by atoms with Gasteiger partial charge in [-0.15, -0.1) is 0 Å². The molecule has 0 bridgehead atoms. The normalized spacial score (nSPS) is 25.1. The van der Waals surface area contributed by atoms with Crippen molar-refractivity contribution in [1.29, 1.82) is 0 Å². The molecule has 3 heteroatoms. The molecule has 0 saturated carbocycles. The summed E-state index contributed by atoms with van der Waals surface area (Å²) in [5, 5.41) is 0. The molecule has 0 aromatic carbocycles. The molecular weight excluding hydrogens is 223 g/mol. The maximum absolute atomic E-state index is 12.0. The van der Waals surface area contributed by atoms with E-state index in [1.165, 1.54) is 0 Å². The first kappa shape index (κ1) is 15.0. The summed E-state index contributed by atoms with van der Waals surface area (Å²) in [5.74, 6) is 0.0170. The number of hydrogen-bond acceptors (Lipinski definition) is 2. The van der Waals surface area contributed by atoms with E-state index < -0.39 is 0 Å². The molecule has 1 aliphatic rings. The standard InChI is InChI=1S/C15H21BO2/c1-5-18-10-14(17)13-7-9-15(4,12(3)16)8-6-11(13)2/h6-9,12H,5,10H2,1-4H3. The van der Waals surface area contributed by atoms with Crippen LogP contribution in [0.25, 0.3) is 0 Å². The Hall–Kier alpha value is -1.09. The van der Waals surface area contributed by atoms with E-state index in [2.05, 4.69) is 13.0 Å². The zero-order chi connectivity index (χ0) is 13.8. The Morgan fingerprint density at radius 1 is 1.44 bits per heavy atom. The number of rotatable bonds is 5. The van der Waals surface area contributed by atoms with Crippen molar-refractivity contribution < 1.29 is 9.53 Å². The highest BCUT2D eigenvalue weighted by Gasteiger charge is 2.24. The average molecular weight is 244 g/mol. The molecule has 0 amide bonds. The molecule has 2 unspecified atom stereocenters. The Morgan fingerprint density at radius 3 is 2.61 bits per heavy atom. The number of Topliss-reactive ketones (excluding diaryl/α,β-unsaturated/α-hetero) is 1. The van der Waals surface area contributed by atoms with Crippen molar-refractivity contribution in [3.63, 3.8) is 0 Å². The maximum Gasteiger partial charge on any atom is 0.188 e. The predicted molar refractivity (Wildman–Crippen MR) is 75.8 cm³/mol. The topological polar surface area (TPSA) is 26.3 Å². The Labute approximate surface area is 111 Å². The lowest BCUT2D eigenvalue weighted by Crippen LogP contribution is -2.15. The Morgan fingerprint density at radius 2 is 2.06 bits per heavy atom. The van der Waals surface area contributed by atoms with Crippen LogP contribution in [0, 0.1) is 5.41 Å². The van der Waals surface area contributed by atoms with E-state index in [4.69, 9.17) is 12.6 Å². The number of carbonyl (C=O) groups excluding carboxylic acids is 1. The molecule has 0 aromatic rings. The van der Waals surface area contributed by atoms with Crippen molar-refractivity contribution in [1.82, 2.24) is 0 Å². The lowest BCUT2D eigenvalue weighted by molar-refractivity contribution is -0.119. The van der Waals surface area contributed by atoms with Crippen molar-refractivity contribution in [2.75, 3.05) is 13.2 Å². The van der Waals surface area contributed by atoms with E-state index in [9.17, 15) is 4.79 Å². The number of carbonyl (C=O) groups is 1. The maximum atomic E-state index is 12.0. The molecule has 0 fully saturated rings. The minimum Gasteiger partial charge on any atom is -0.374 e. The molecule has 0 N–H and O–H groups in total. The molecule has 2 atom stereocenters. The van der Waals surface area contributed by atoms with Gasteiger partial charge in [0.1, 0.15) is 6.61 Å². The van der Waals surface area contributed by atoms with E-state index in [0.717, 1.165) is 5.57 Å². The minimum absolute atomic E-state index is 0.000793. The molecule has 18 heavy (non-hydrogen) atoms. The van der Waals surface area contributed by atoms with Crippen LogP contribution >= 0.6 is 0 Å². The number of ketones is 1. The van der Waals surface area contributed by atoms with E-state index in [-0.39, 0.29) is 23.6 Å². The number of hydrogen-bond donors (Lipinski definition) is 0. The summed E-state index contributed by atoms with van der Waals surface area (Å²) in [5.41, 5.74) is 1.46. The van der Waals surface area contributed by atoms with Gasteiger partial charge >= 0.3 is 0 Å². The van der Waals surface area contributed by atoms with Crippen molar-refractivity contribution in [2.45, 2.75) is 33.5 Å². The van der Waals surface area contributed by atoms with Crippen molar-refractivity contribution in [2.24, 2.45) is 5.41 Å². The van der Waals surface area contributed by atoms with Gasteiger partial charge in [0.05, 0.1) is 7.85 Å². The van der Waals surface area contributed by atoms with Crippen molar-refractivity contribution in [3.05, 3.63) is 35.5 Å². The Balaban J connectivity index is 2.95. The van der Waals surface area contributed by atoms with Crippen LogP contribution in [0.3, 0.4) is 0 Å². The molecule has 0 aromatic heterocycles. The largest absolute Gasteiger partial charge is 0.374 e. The zero-order valence-corrected chi connectivity index (χ0v) is 11.7. The first-order valence-electron chi connectivity index (χ1n) is 6.36. The van der Waals surface area contributed by atoms with Crippen LogP contribution in [0.15, 0.2) is 35.5 Å². The smallest absolute Gasteiger partial charge is 0.188 e. The molecule has 0 heterocycles. The minimum atomic E-state index is -0.213. The zero-order valence-electron chi connectivity index (χ0n) is 11.7. The van der Waals surface area contributed by atoms with Crippen LogP contribution < -0.4 is 0 Å². The second-order valence-electron chi connectivity index (χ2n) is 4.98. The van der Waals surface area contributed by atoms with Gasteiger partial charge in [0.15, 0.2) is 5.78 Å². The second-order valence-corrected chi connectivity index (χ2v) is 4.98. The average Bonchev–Trinajstić information content (AvgIpc) is 2.48. The van der Waals surface area contributed by atoms with Gasteiger partial charge in [-0.1, -0.05) is 44.0 Å². The van der Waals surface area contributed by atoms with Gasteiger partial charge in [0.2, 0.25) is 0 Å². The van der Waals surface area contributed by atoms with E-state index in [1.807, 2.05) is 39.0 Å². The molecule has 0 spiro atoms. The van der Waals surface area contributed by atoms with Crippen LogP contribution in [-0.4, -0.2) is 26.8 Å². The Kier molecular flexibility index (Phi) is 5.15. The van der Waals surface area contributed by atoms with Gasteiger partial charge in [-0.3, -0.25) is 4.79 Å². The van der Waals surface area contributed by atoms with Crippen molar-refractivity contribution >= 4 is 13.6 Å². The van der Waals surface area contributed by atoms with Gasteiger partial charge in [0.25, 0.3) is 0 Å². The molecule has 1 aliphatic carbocycles. The fraction of sp³-hybridized carbons (Fsp3) is 0.533. The van der Waals surface area contributed by atoms with Gasteiger partial charge in [-0.25, -0.2) is 0 Å². The number of allylic oxidation sites excluding steroid dienone is 5. The van der Waals surface area contributed by atoms with E-state index in [1.54, 1.807) is 0 Å². The first-order chi connectivity index (χ1) is 8.40. The van der Waals surface area contributed by atoms with E-state index in [0.29, 0.717) is 12.2 Å². The fourth-order valence-corrected chi connectivity index (χ4v) is 1.73. The van der Waals surface area contributed by atoms with Gasteiger partial charge in [-0.05, 0) is 24.8 Å². The highest BCUT2D eigenvalue weighted by molar-refractivity contribution is 6.12. The van der Waals surface area contributed by atoms with Gasteiger partial charge in [-0.2, -0.15) is 0 Å². The summed E-state index contributed by atoms with van der Waals surface area (Å²) < 4.78 is 5.17. The quantitative estimate of drug-likeness (QED) is 0.695. The molecule has 1 rings (SSSR count). The highest BCUT2D eigenvalue weighted by atomic mass is 16.5. The molecule has 2 nitrogen and oxygen atoms in total. The third kappa shape index (κ3) is 3.45. The first-order valence-corrected chi connectivity index (χ1v) is 6.36. The van der Waals surface area contributed by atoms with Crippen LogP contribution in [-0.2, 0) is 9.53 Å². The monoisotopic (exact) mass is 244 g/mol. The molecule has 96 valence electrons. The summed E-state index contributed by atoms with van der Waals surface area (Å²) in [6.45, 7) is 8.54. The van der Waals surface area contributed by atoms with Crippen LogP contribution in [0.1, 0.15) is 27.7 Å². The summed E-state index contributed by atoms with van der Waals surface area (Å²) in [4.78, 5) is 12.0. The SMILES string of the molecule is [B]C(C)C1(C)C=CC(C)=C(C(=O)COCC)C=C1. The third-order valence-corrected chi connectivity index (χ3v) is 3.45. The predicted octanol–water partition coefficient (Wildman–Crippen LogP) is 3.02. The van der Waals surface area contributed by atoms with Gasteiger partial charge < -0.3 is 4.74 Å². The molecular formula is C15H21BO2. The summed E-state index contributed by atoms with van der Waals surface area (Å²) in [7, 11) is 5.99. The van der Waals surface area contributed by atoms with Crippen molar-refractivity contribution in [3.8, 4) is 0 Å².